The summed E-state index contributed by atoms with van der Waals surface area (Å²) in [5.74, 6) is 1.13. The van der Waals surface area contributed by atoms with Gasteiger partial charge in [0.15, 0.2) is 0 Å². The third-order valence-corrected chi connectivity index (χ3v) is 3.19. The molecule has 3 heteroatoms. The Morgan fingerprint density at radius 1 is 1.22 bits per heavy atom. The number of fused-ring (bicyclic) bond motifs is 3. The van der Waals surface area contributed by atoms with Crippen LogP contribution < -0.4 is 5.32 Å². The van der Waals surface area contributed by atoms with Crippen molar-refractivity contribution in [1.29, 1.82) is 0 Å². The molecule has 1 aliphatic heterocycles. The highest BCUT2D eigenvalue weighted by atomic mass is 15.1. The molecule has 0 saturated carbocycles. The first-order chi connectivity index (χ1) is 8.81. The number of aliphatic imine (C=N–C) groups is 1. The molecule has 1 aliphatic rings. The van der Waals surface area contributed by atoms with Gasteiger partial charge in [-0.1, -0.05) is 18.2 Å². The summed E-state index contributed by atoms with van der Waals surface area (Å²) in [5.41, 5.74) is 4.73. The third-order valence-electron chi connectivity index (χ3n) is 3.19. The topological polar surface area (TPSA) is 29.3 Å². The van der Waals surface area contributed by atoms with E-state index in [0.717, 1.165) is 11.5 Å². The van der Waals surface area contributed by atoms with Crippen LogP contribution >= 0.6 is 0 Å². The van der Waals surface area contributed by atoms with Crippen molar-refractivity contribution in [1.82, 2.24) is 4.57 Å². The van der Waals surface area contributed by atoms with Crippen molar-refractivity contribution in [3.63, 3.8) is 0 Å². The van der Waals surface area contributed by atoms with E-state index in [1.807, 2.05) is 12.3 Å². The lowest BCUT2D eigenvalue weighted by Gasteiger charge is -2.24. The molecule has 0 atom stereocenters. The molecule has 3 rings (SSSR count). The van der Waals surface area contributed by atoms with E-state index in [2.05, 4.69) is 58.3 Å². The van der Waals surface area contributed by atoms with Crippen molar-refractivity contribution < 1.29 is 0 Å². The third kappa shape index (κ3) is 1.56. The van der Waals surface area contributed by atoms with E-state index in [4.69, 9.17) is 0 Å². The van der Waals surface area contributed by atoms with Crippen LogP contribution in [0.5, 0.6) is 0 Å². The number of anilines is 1. The van der Waals surface area contributed by atoms with E-state index >= 15 is 0 Å². The highest BCUT2D eigenvalue weighted by molar-refractivity contribution is 5.93. The number of benzene rings is 1. The number of aromatic nitrogens is 1. The summed E-state index contributed by atoms with van der Waals surface area (Å²) in [6, 6.07) is 10.5. The zero-order chi connectivity index (χ0) is 12.5. The molecule has 0 spiro atoms. The SMILES string of the molecule is C/N=C/C=C1\Nc2c(C)ccn2-c2ccccc21. The second kappa shape index (κ2) is 4.18. The highest BCUT2D eigenvalue weighted by Gasteiger charge is 2.19. The quantitative estimate of drug-likeness (QED) is 0.758. The summed E-state index contributed by atoms with van der Waals surface area (Å²) in [6.45, 7) is 2.11. The van der Waals surface area contributed by atoms with Crippen molar-refractivity contribution in [3.8, 4) is 5.69 Å². The van der Waals surface area contributed by atoms with Crippen LogP contribution in [-0.4, -0.2) is 17.8 Å². The molecule has 2 aromatic rings. The van der Waals surface area contributed by atoms with Crippen molar-refractivity contribution in [2.24, 2.45) is 4.99 Å². The van der Waals surface area contributed by atoms with Gasteiger partial charge in [0.25, 0.3) is 0 Å². The van der Waals surface area contributed by atoms with Gasteiger partial charge in [-0.3, -0.25) is 4.99 Å². The number of rotatable bonds is 1. The number of para-hydroxylation sites is 1. The average molecular weight is 237 g/mol. The minimum Gasteiger partial charge on any atom is -0.341 e. The van der Waals surface area contributed by atoms with Crippen molar-refractivity contribution in [2.75, 3.05) is 12.4 Å². The molecular formula is C15H15N3. The summed E-state index contributed by atoms with van der Waals surface area (Å²) in [6.07, 6.45) is 5.92. The number of hydrogen-bond acceptors (Lipinski definition) is 2. The number of nitrogens with zero attached hydrogens (tertiary/aromatic N) is 2. The van der Waals surface area contributed by atoms with E-state index < -0.39 is 0 Å². The zero-order valence-corrected chi connectivity index (χ0v) is 10.5. The van der Waals surface area contributed by atoms with Gasteiger partial charge in [0.05, 0.1) is 11.4 Å². The highest BCUT2D eigenvalue weighted by Crippen LogP contribution is 2.34. The molecule has 90 valence electrons. The Hall–Kier alpha value is -2.29. The zero-order valence-electron chi connectivity index (χ0n) is 10.5. The molecule has 0 saturated heterocycles. The smallest absolute Gasteiger partial charge is 0.117 e. The molecule has 0 unspecified atom stereocenters. The van der Waals surface area contributed by atoms with Crippen LogP contribution in [-0.2, 0) is 0 Å². The molecular weight excluding hydrogens is 222 g/mol. The Labute approximate surface area is 106 Å². The minimum absolute atomic E-state index is 1.09. The Bertz CT molecular complexity index is 648. The molecule has 1 N–H and O–H groups in total. The lowest BCUT2D eigenvalue weighted by atomic mass is 10.1. The molecule has 3 nitrogen and oxygen atoms in total. The van der Waals surface area contributed by atoms with Gasteiger partial charge in [0.1, 0.15) is 5.82 Å². The van der Waals surface area contributed by atoms with Crippen LogP contribution in [0.1, 0.15) is 11.1 Å². The summed E-state index contributed by atoms with van der Waals surface area (Å²) in [4.78, 5) is 4.02. The summed E-state index contributed by atoms with van der Waals surface area (Å²) in [5, 5.41) is 3.47. The summed E-state index contributed by atoms with van der Waals surface area (Å²) >= 11 is 0. The van der Waals surface area contributed by atoms with Gasteiger partial charge in [-0.05, 0) is 30.7 Å². The fourth-order valence-corrected chi connectivity index (χ4v) is 2.28. The predicted octanol–water partition coefficient (Wildman–Crippen LogP) is 3.25. The molecule has 0 aliphatic carbocycles. The minimum atomic E-state index is 1.09. The maximum atomic E-state index is 4.02. The predicted molar refractivity (Wildman–Crippen MR) is 76.5 cm³/mol. The molecule has 0 bridgehead atoms. The molecule has 18 heavy (non-hydrogen) atoms. The Morgan fingerprint density at radius 3 is 2.89 bits per heavy atom. The molecule has 2 heterocycles. The first-order valence-electron chi connectivity index (χ1n) is 5.98. The Balaban J connectivity index is 2.24. The normalized spacial score (nSPS) is 15.6. The van der Waals surface area contributed by atoms with Crippen LogP contribution in [0.15, 0.2) is 47.6 Å². The van der Waals surface area contributed by atoms with Gasteiger partial charge in [-0.2, -0.15) is 0 Å². The largest absolute Gasteiger partial charge is 0.341 e. The fourth-order valence-electron chi connectivity index (χ4n) is 2.28. The first kappa shape index (κ1) is 10.8. The summed E-state index contributed by atoms with van der Waals surface area (Å²) < 4.78 is 2.19. The van der Waals surface area contributed by atoms with Gasteiger partial charge < -0.3 is 9.88 Å². The van der Waals surface area contributed by atoms with Gasteiger partial charge in [-0.15, -0.1) is 0 Å². The van der Waals surface area contributed by atoms with Gasteiger partial charge >= 0.3 is 0 Å². The van der Waals surface area contributed by atoms with Crippen molar-refractivity contribution in [2.45, 2.75) is 6.92 Å². The van der Waals surface area contributed by atoms with E-state index in [1.165, 1.54) is 16.8 Å². The van der Waals surface area contributed by atoms with Gasteiger partial charge in [0, 0.05) is 25.0 Å². The number of hydrogen-bond donors (Lipinski definition) is 1. The van der Waals surface area contributed by atoms with Crippen LogP contribution in [0.25, 0.3) is 11.4 Å². The second-order valence-electron chi connectivity index (χ2n) is 4.35. The summed E-state index contributed by atoms with van der Waals surface area (Å²) in [7, 11) is 1.78. The number of allylic oxidation sites excluding steroid dienone is 1. The van der Waals surface area contributed by atoms with Crippen molar-refractivity contribution in [3.05, 3.63) is 53.7 Å². The molecule has 1 aromatic carbocycles. The van der Waals surface area contributed by atoms with E-state index in [0.29, 0.717) is 0 Å². The Morgan fingerprint density at radius 2 is 2.06 bits per heavy atom. The number of nitrogens with one attached hydrogen (secondary N) is 1. The average Bonchev–Trinajstić information content (AvgIpc) is 2.78. The van der Waals surface area contributed by atoms with Gasteiger partial charge in [-0.25, -0.2) is 0 Å². The molecule has 0 amide bonds. The maximum Gasteiger partial charge on any atom is 0.117 e. The lowest BCUT2D eigenvalue weighted by Crippen LogP contribution is -2.14. The fraction of sp³-hybridized carbons (Fsp3) is 0.133. The standard InChI is InChI=1S/C15H15N3/c1-11-8-10-18-14-6-4-3-5-12(14)13(7-9-16-2)17-15(11)18/h3-10,17H,1-2H3/b13-7-,16-9+. The molecule has 0 fully saturated rings. The Kier molecular flexibility index (Phi) is 2.52. The molecule has 0 radical (unpaired) electrons. The van der Waals surface area contributed by atoms with Crippen molar-refractivity contribution >= 4 is 17.7 Å². The van der Waals surface area contributed by atoms with E-state index in [9.17, 15) is 0 Å². The maximum absolute atomic E-state index is 4.02. The van der Waals surface area contributed by atoms with E-state index in [1.54, 1.807) is 7.05 Å². The van der Waals surface area contributed by atoms with Crippen LogP contribution in [0.3, 0.4) is 0 Å². The van der Waals surface area contributed by atoms with Crippen LogP contribution in [0.2, 0.25) is 0 Å². The lowest BCUT2D eigenvalue weighted by molar-refractivity contribution is 1.05. The van der Waals surface area contributed by atoms with Gasteiger partial charge in [0.2, 0.25) is 0 Å². The first-order valence-corrected chi connectivity index (χ1v) is 5.98. The number of aryl methyl sites for hydroxylation is 1. The van der Waals surface area contributed by atoms with Crippen LogP contribution in [0, 0.1) is 6.92 Å². The monoisotopic (exact) mass is 237 g/mol. The van der Waals surface area contributed by atoms with Crippen LogP contribution in [0.4, 0.5) is 5.82 Å². The van der Waals surface area contributed by atoms with E-state index in [-0.39, 0.29) is 0 Å². The molecule has 1 aromatic heterocycles. The second-order valence-corrected chi connectivity index (χ2v) is 4.35.